The number of methoxy groups -OCH3 is 1. The maximum absolute atomic E-state index is 12.9. The number of nitrogens with zero attached hydrogens (tertiary/aromatic N) is 1. The second-order valence-electron chi connectivity index (χ2n) is 5.67. The van der Waals surface area contributed by atoms with Gasteiger partial charge < -0.3 is 9.47 Å². The lowest BCUT2D eigenvalue weighted by Gasteiger charge is -2.37. The van der Waals surface area contributed by atoms with E-state index in [1.807, 2.05) is 24.8 Å². The van der Waals surface area contributed by atoms with Gasteiger partial charge in [-0.2, -0.15) is 4.31 Å². The number of benzene rings is 1. The normalized spacial score (nSPS) is 22.1. The summed E-state index contributed by atoms with van der Waals surface area (Å²) in [5.41, 5.74) is 0.905. The Labute approximate surface area is 136 Å². The predicted molar refractivity (Wildman–Crippen MR) is 86.9 cm³/mol. The molecule has 0 saturated carbocycles. The van der Waals surface area contributed by atoms with E-state index < -0.39 is 10.0 Å². The molecule has 0 radical (unpaired) electrons. The lowest BCUT2D eigenvalue weighted by Crippen LogP contribution is -2.45. The van der Waals surface area contributed by atoms with Gasteiger partial charge >= 0.3 is 0 Å². The molecule has 122 valence electrons. The molecule has 0 aromatic heterocycles. The van der Waals surface area contributed by atoms with Gasteiger partial charge in [-0.25, -0.2) is 8.42 Å². The van der Waals surface area contributed by atoms with Crippen LogP contribution in [0.3, 0.4) is 0 Å². The highest BCUT2D eigenvalue weighted by Gasteiger charge is 2.42. The number of ether oxygens (including phenoxy) is 2. The van der Waals surface area contributed by atoms with Gasteiger partial charge in [-0.15, -0.1) is 11.8 Å². The summed E-state index contributed by atoms with van der Waals surface area (Å²) < 4.78 is 38.5. The fourth-order valence-corrected chi connectivity index (χ4v) is 5.84. The molecule has 0 unspecified atom stereocenters. The summed E-state index contributed by atoms with van der Waals surface area (Å²) in [5, 5.41) is 0. The standard InChI is InChI=1S/C15H21NO4S2/c1-12-3-4-13(19-2)14(11-12)22(17,18)16-7-5-15(6-8-16)20-9-10-21-15/h3-4,11H,5-10H2,1-2H3. The number of thioether (sulfide) groups is 1. The van der Waals surface area contributed by atoms with Gasteiger partial charge in [0.1, 0.15) is 15.6 Å². The van der Waals surface area contributed by atoms with Crippen molar-refractivity contribution in [2.45, 2.75) is 29.6 Å². The van der Waals surface area contributed by atoms with Crippen LogP contribution in [0.15, 0.2) is 23.1 Å². The molecule has 2 heterocycles. The second-order valence-corrected chi connectivity index (χ2v) is 9.01. The average Bonchev–Trinajstić information content (AvgIpc) is 2.96. The summed E-state index contributed by atoms with van der Waals surface area (Å²) in [6.07, 6.45) is 1.48. The Balaban J connectivity index is 1.84. The zero-order chi connectivity index (χ0) is 15.8. The van der Waals surface area contributed by atoms with Crippen molar-refractivity contribution in [1.82, 2.24) is 4.31 Å². The van der Waals surface area contributed by atoms with E-state index in [0.29, 0.717) is 18.8 Å². The Morgan fingerprint density at radius 1 is 1.32 bits per heavy atom. The third kappa shape index (κ3) is 2.87. The Kier molecular flexibility index (Phi) is 4.42. The number of hydrogen-bond acceptors (Lipinski definition) is 5. The zero-order valence-electron chi connectivity index (χ0n) is 12.9. The topological polar surface area (TPSA) is 55.8 Å². The first-order valence-electron chi connectivity index (χ1n) is 7.40. The molecule has 0 aliphatic carbocycles. The Morgan fingerprint density at radius 2 is 2.05 bits per heavy atom. The lowest BCUT2D eigenvalue weighted by atomic mass is 10.1. The van der Waals surface area contributed by atoms with Gasteiger partial charge in [-0.05, 0) is 37.5 Å². The minimum Gasteiger partial charge on any atom is -0.495 e. The van der Waals surface area contributed by atoms with E-state index in [0.717, 1.165) is 30.8 Å². The third-order valence-corrected chi connectivity index (χ3v) is 7.58. The van der Waals surface area contributed by atoms with E-state index in [9.17, 15) is 8.42 Å². The van der Waals surface area contributed by atoms with Crippen molar-refractivity contribution in [2.75, 3.05) is 32.6 Å². The minimum atomic E-state index is -3.53. The zero-order valence-corrected chi connectivity index (χ0v) is 14.5. The largest absolute Gasteiger partial charge is 0.495 e. The summed E-state index contributed by atoms with van der Waals surface area (Å²) in [7, 11) is -2.03. The van der Waals surface area contributed by atoms with Gasteiger partial charge in [0.25, 0.3) is 0 Å². The van der Waals surface area contributed by atoms with Crippen molar-refractivity contribution >= 4 is 21.8 Å². The van der Waals surface area contributed by atoms with Crippen LogP contribution in [0.5, 0.6) is 5.75 Å². The van der Waals surface area contributed by atoms with Crippen LogP contribution >= 0.6 is 11.8 Å². The van der Waals surface area contributed by atoms with Crippen molar-refractivity contribution in [2.24, 2.45) is 0 Å². The van der Waals surface area contributed by atoms with E-state index in [4.69, 9.17) is 9.47 Å². The van der Waals surface area contributed by atoms with Gasteiger partial charge in [-0.3, -0.25) is 0 Å². The molecule has 7 heteroatoms. The number of rotatable bonds is 3. The van der Waals surface area contributed by atoms with E-state index >= 15 is 0 Å². The highest BCUT2D eigenvalue weighted by atomic mass is 32.2. The molecule has 0 bridgehead atoms. The van der Waals surface area contributed by atoms with Gasteiger partial charge in [0.15, 0.2) is 0 Å². The number of hydrogen-bond donors (Lipinski definition) is 0. The van der Waals surface area contributed by atoms with E-state index in [2.05, 4.69) is 0 Å². The number of sulfonamides is 1. The fourth-order valence-electron chi connectivity index (χ4n) is 2.98. The second kappa shape index (κ2) is 6.03. The lowest BCUT2D eigenvalue weighted by molar-refractivity contribution is 0.0161. The predicted octanol–water partition coefficient (Wildman–Crippen LogP) is 2.25. The molecule has 1 spiro atoms. The van der Waals surface area contributed by atoms with Crippen LogP contribution in [0.2, 0.25) is 0 Å². The first kappa shape index (κ1) is 16.1. The molecule has 3 rings (SSSR count). The molecule has 22 heavy (non-hydrogen) atoms. The molecule has 0 N–H and O–H groups in total. The van der Waals surface area contributed by atoms with Crippen molar-refractivity contribution < 1.29 is 17.9 Å². The molecule has 2 aliphatic rings. The molecule has 1 aromatic rings. The number of aryl methyl sites for hydroxylation is 1. The average molecular weight is 343 g/mol. The molecule has 2 aliphatic heterocycles. The minimum absolute atomic E-state index is 0.164. The summed E-state index contributed by atoms with van der Waals surface area (Å²) in [6.45, 7) is 3.63. The fraction of sp³-hybridized carbons (Fsp3) is 0.600. The molecule has 1 aromatic carbocycles. The third-order valence-electron chi connectivity index (χ3n) is 4.23. The number of piperidine rings is 1. The molecular weight excluding hydrogens is 322 g/mol. The van der Waals surface area contributed by atoms with Crippen molar-refractivity contribution in [3.63, 3.8) is 0 Å². The Morgan fingerprint density at radius 3 is 2.64 bits per heavy atom. The summed E-state index contributed by atoms with van der Waals surface area (Å²) in [5.74, 6) is 1.40. The molecule has 0 amide bonds. The molecule has 5 nitrogen and oxygen atoms in total. The van der Waals surface area contributed by atoms with Gasteiger partial charge in [0.05, 0.1) is 13.7 Å². The van der Waals surface area contributed by atoms with Crippen LogP contribution in [0, 0.1) is 6.92 Å². The van der Waals surface area contributed by atoms with Crippen LogP contribution < -0.4 is 4.74 Å². The van der Waals surface area contributed by atoms with Crippen LogP contribution in [0.1, 0.15) is 18.4 Å². The first-order chi connectivity index (χ1) is 10.5. The highest BCUT2D eigenvalue weighted by molar-refractivity contribution is 8.00. The molecule has 2 fully saturated rings. The van der Waals surface area contributed by atoms with Gasteiger partial charge in [0.2, 0.25) is 10.0 Å². The Bertz CT molecular complexity index is 644. The quantitative estimate of drug-likeness (QED) is 0.842. The van der Waals surface area contributed by atoms with Crippen LogP contribution in [-0.4, -0.2) is 50.2 Å². The summed E-state index contributed by atoms with van der Waals surface area (Å²) >= 11 is 1.82. The SMILES string of the molecule is COc1ccc(C)cc1S(=O)(=O)N1CCC2(CC1)OCCS2. The van der Waals surface area contributed by atoms with Crippen LogP contribution in [0.25, 0.3) is 0 Å². The van der Waals surface area contributed by atoms with E-state index in [-0.39, 0.29) is 9.83 Å². The van der Waals surface area contributed by atoms with Crippen molar-refractivity contribution in [1.29, 1.82) is 0 Å². The van der Waals surface area contributed by atoms with Crippen molar-refractivity contribution in [3.05, 3.63) is 23.8 Å². The van der Waals surface area contributed by atoms with Crippen LogP contribution in [0.4, 0.5) is 0 Å². The van der Waals surface area contributed by atoms with E-state index in [1.54, 1.807) is 16.4 Å². The molecule has 2 saturated heterocycles. The smallest absolute Gasteiger partial charge is 0.246 e. The monoisotopic (exact) mass is 343 g/mol. The van der Waals surface area contributed by atoms with Crippen LogP contribution in [-0.2, 0) is 14.8 Å². The maximum atomic E-state index is 12.9. The van der Waals surface area contributed by atoms with Gasteiger partial charge in [-0.1, -0.05) is 6.07 Å². The Hall–Kier alpha value is -0.760. The molecular formula is C15H21NO4S2. The highest BCUT2D eigenvalue weighted by Crippen LogP contribution is 2.42. The summed E-state index contributed by atoms with van der Waals surface area (Å²) in [4.78, 5) is 0.0915. The first-order valence-corrected chi connectivity index (χ1v) is 9.82. The molecule has 0 atom stereocenters. The van der Waals surface area contributed by atoms with Crippen molar-refractivity contribution in [3.8, 4) is 5.75 Å². The maximum Gasteiger partial charge on any atom is 0.246 e. The summed E-state index contributed by atoms with van der Waals surface area (Å²) in [6, 6.07) is 5.25. The van der Waals surface area contributed by atoms with Gasteiger partial charge in [0, 0.05) is 18.8 Å². The van der Waals surface area contributed by atoms with E-state index in [1.165, 1.54) is 7.11 Å².